The highest BCUT2D eigenvalue weighted by atomic mass is 35.5. The number of hydrogen-bond acceptors (Lipinski definition) is 2. The molecule has 0 bridgehead atoms. The van der Waals surface area contributed by atoms with E-state index in [0.717, 1.165) is 26.1 Å². The van der Waals surface area contributed by atoms with Crippen LogP contribution in [0.3, 0.4) is 0 Å². The molecule has 0 aromatic heterocycles. The Morgan fingerprint density at radius 3 is 2.88 bits per heavy atom. The fourth-order valence-corrected chi connectivity index (χ4v) is 2.11. The Kier molecular flexibility index (Phi) is 4.40. The lowest BCUT2D eigenvalue weighted by Gasteiger charge is -2.22. The second kappa shape index (κ2) is 6.03. The van der Waals surface area contributed by atoms with Crippen LogP contribution in [-0.4, -0.2) is 25.7 Å². The highest BCUT2D eigenvalue weighted by molar-refractivity contribution is 6.30. The van der Waals surface area contributed by atoms with Gasteiger partial charge in [-0.1, -0.05) is 17.7 Å². The number of amides is 1. The zero-order chi connectivity index (χ0) is 12.1. The van der Waals surface area contributed by atoms with Gasteiger partial charge in [0.2, 0.25) is 0 Å². The van der Waals surface area contributed by atoms with Crippen molar-refractivity contribution in [3.8, 4) is 0 Å². The topological polar surface area (TPSA) is 38.3 Å². The van der Waals surface area contributed by atoms with Gasteiger partial charge < -0.3 is 10.1 Å². The second-order valence-electron chi connectivity index (χ2n) is 4.28. The Morgan fingerprint density at radius 1 is 1.41 bits per heavy atom. The first-order valence-electron chi connectivity index (χ1n) is 5.87. The molecule has 1 fully saturated rings. The first-order chi connectivity index (χ1) is 8.25. The molecule has 2 rings (SSSR count). The van der Waals surface area contributed by atoms with Crippen molar-refractivity contribution in [1.82, 2.24) is 5.32 Å². The molecule has 0 saturated carbocycles. The Bertz CT molecular complexity index is 389. The number of benzene rings is 1. The van der Waals surface area contributed by atoms with E-state index < -0.39 is 0 Å². The summed E-state index contributed by atoms with van der Waals surface area (Å²) < 4.78 is 5.28. The van der Waals surface area contributed by atoms with E-state index in [1.54, 1.807) is 24.3 Å². The van der Waals surface area contributed by atoms with Crippen molar-refractivity contribution < 1.29 is 9.53 Å². The van der Waals surface area contributed by atoms with Crippen molar-refractivity contribution in [2.45, 2.75) is 12.8 Å². The highest BCUT2D eigenvalue weighted by Crippen LogP contribution is 2.14. The molecule has 1 heterocycles. The molecule has 1 saturated heterocycles. The van der Waals surface area contributed by atoms with Crippen LogP contribution in [0.1, 0.15) is 23.2 Å². The van der Waals surface area contributed by atoms with Gasteiger partial charge in [0.05, 0.1) is 0 Å². The number of halogens is 1. The number of carbonyl (C=O) groups excluding carboxylic acids is 1. The number of carbonyl (C=O) groups is 1. The Hall–Kier alpha value is -1.06. The van der Waals surface area contributed by atoms with Gasteiger partial charge in [0.1, 0.15) is 0 Å². The largest absolute Gasteiger partial charge is 0.381 e. The van der Waals surface area contributed by atoms with Crippen LogP contribution >= 0.6 is 11.6 Å². The highest BCUT2D eigenvalue weighted by Gasteiger charge is 2.15. The molecule has 0 atom stereocenters. The van der Waals surface area contributed by atoms with E-state index in [9.17, 15) is 4.79 Å². The number of hydrogen-bond donors (Lipinski definition) is 1. The predicted molar refractivity (Wildman–Crippen MR) is 67.3 cm³/mol. The number of rotatable bonds is 3. The molecule has 1 aromatic carbocycles. The summed E-state index contributed by atoms with van der Waals surface area (Å²) in [4.78, 5) is 11.8. The fraction of sp³-hybridized carbons (Fsp3) is 0.462. The standard InChI is InChI=1S/C13H16ClNO2/c14-12-3-1-2-11(8-12)13(16)15-9-10-4-6-17-7-5-10/h1-3,8,10H,4-7,9H2,(H,15,16). The monoisotopic (exact) mass is 253 g/mol. The molecule has 1 N–H and O–H groups in total. The van der Waals surface area contributed by atoms with Crippen LogP contribution < -0.4 is 5.32 Å². The average Bonchev–Trinajstić information content (AvgIpc) is 2.37. The van der Waals surface area contributed by atoms with E-state index in [1.165, 1.54) is 0 Å². The summed E-state index contributed by atoms with van der Waals surface area (Å²) in [5, 5.41) is 3.53. The Balaban J connectivity index is 1.84. The molecule has 0 unspecified atom stereocenters. The summed E-state index contributed by atoms with van der Waals surface area (Å²) in [6.07, 6.45) is 2.05. The normalized spacial score (nSPS) is 16.8. The molecule has 3 nitrogen and oxygen atoms in total. The maximum Gasteiger partial charge on any atom is 0.251 e. The van der Waals surface area contributed by atoms with Gasteiger partial charge in [0.15, 0.2) is 0 Å². The molecular weight excluding hydrogens is 238 g/mol. The third-order valence-corrected chi connectivity index (χ3v) is 3.21. The fourth-order valence-electron chi connectivity index (χ4n) is 1.92. The van der Waals surface area contributed by atoms with Gasteiger partial charge >= 0.3 is 0 Å². The lowest BCUT2D eigenvalue weighted by molar-refractivity contribution is 0.0642. The SMILES string of the molecule is O=C(NCC1CCOCC1)c1cccc(Cl)c1. The van der Waals surface area contributed by atoms with Crippen molar-refractivity contribution in [2.24, 2.45) is 5.92 Å². The van der Waals surface area contributed by atoms with Crippen LogP contribution in [0.5, 0.6) is 0 Å². The molecule has 1 amide bonds. The molecule has 0 radical (unpaired) electrons. The minimum absolute atomic E-state index is 0.0565. The lowest BCUT2D eigenvalue weighted by Crippen LogP contribution is -2.32. The predicted octanol–water partition coefficient (Wildman–Crippen LogP) is 2.50. The van der Waals surface area contributed by atoms with Crippen molar-refractivity contribution in [3.63, 3.8) is 0 Å². The van der Waals surface area contributed by atoms with Gasteiger partial charge in [0, 0.05) is 30.3 Å². The second-order valence-corrected chi connectivity index (χ2v) is 4.71. The maximum atomic E-state index is 11.8. The third kappa shape index (κ3) is 3.72. The summed E-state index contributed by atoms with van der Waals surface area (Å²) in [7, 11) is 0. The van der Waals surface area contributed by atoms with Crippen LogP contribution in [0.2, 0.25) is 5.02 Å². The summed E-state index contributed by atoms with van der Waals surface area (Å²) >= 11 is 5.84. The first-order valence-corrected chi connectivity index (χ1v) is 6.25. The minimum Gasteiger partial charge on any atom is -0.381 e. The zero-order valence-corrected chi connectivity index (χ0v) is 10.4. The number of ether oxygens (including phenoxy) is 1. The first kappa shape index (κ1) is 12.4. The minimum atomic E-state index is -0.0565. The lowest BCUT2D eigenvalue weighted by atomic mass is 10.0. The van der Waals surface area contributed by atoms with Gasteiger partial charge in [-0.05, 0) is 37.0 Å². The van der Waals surface area contributed by atoms with Gasteiger partial charge in [-0.15, -0.1) is 0 Å². The summed E-state index contributed by atoms with van der Waals surface area (Å²) in [5.74, 6) is 0.478. The molecular formula is C13H16ClNO2. The quantitative estimate of drug-likeness (QED) is 0.899. The van der Waals surface area contributed by atoms with E-state index in [-0.39, 0.29) is 5.91 Å². The summed E-state index contributed by atoms with van der Waals surface area (Å²) in [5.41, 5.74) is 0.615. The van der Waals surface area contributed by atoms with Gasteiger partial charge in [0.25, 0.3) is 5.91 Å². The molecule has 1 aliphatic rings. The third-order valence-electron chi connectivity index (χ3n) is 2.98. The Labute approximate surface area is 106 Å². The smallest absolute Gasteiger partial charge is 0.251 e. The molecule has 4 heteroatoms. The van der Waals surface area contributed by atoms with Gasteiger partial charge in [-0.25, -0.2) is 0 Å². The molecule has 1 aliphatic heterocycles. The van der Waals surface area contributed by atoms with Crippen LogP contribution in [0.15, 0.2) is 24.3 Å². The Morgan fingerprint density at radius 2 is 2.18 bits per heavy atom. The van der Waals surface area contributed by atoms with Gasteiger partial charge in [-0.3, -0.25) is 4.79 Å². The van der Waals surface area contributed by atoms with Crippen LogP contribution in [-0.2, 0) is 4.74 Å². The van der Waals surface area contributed by atoms with Crippen LogP contribution in [0.4, 0.5) is 0 Å². The van der Waals surface area contributed by atoms with Crippen molar-refractivity contribution in [1.29, 1.82) is 0 Å². The molecule has 92 valence electrons. The van der Waals surface area contributed by atoms with Crippen molar-refractivity contribution >= 4 is 17.5 Å². The zero-order valence-electron chi connectivity index (χ0n) is 9.62. The maximum absolute atomic E-state index is 11.8. The summed E-state index contributed by atoms with van der Waals surface area (Å²) in [6, 6.07) is 6.99. The van der Waals surface area contributed by atoms with E-state index in [4.69, 9.17) is 16.3 Å². The van der Waals surface area contributed by atoms with E-state index in [0.29, 0.717) is 23.0 Å². The van der Waals surface area contributed by atoms with Gasteiger partial charge in [-0.2, -0.15) is 0 Å². The molecule has 0 spiro atoms. The van der Waals surface area contributed by atoms with E-state index in [2.05, 4.69) is 5.32 Å². The average molecular weight is 254 g/mol. The van der Waals surface area contributed by atoms with Crippen LogP contribution in [0, 0.1) is 5.92 Å². The molecule has 17 heavy (non-hydrogen) atoms. The number of nitrogens with one attached hydrogen (secondary N) is 1. The molecule has 0 aliphatic carbocycles. The summed E-state index contributed by atoms with van der Waals surface area (Å²) in [6.45, 7) is 2.32. The van der Waals surface area contributed by atoms with E-state index >= 15 is 0 Å². The van der Waals surface area contributed by atoms with Crippen LogP contribution in [0.25, 0.3) is 0 Å². The van der Waals surface area contributed by atoms with Crippen molar-refractivity contribution in [3.05, 3.63) is 34.9 Å². The van der Waals surface area contributed by atoms with E-state index in [1.807, 2.05) is 0 Å². The molecule has 1 aromatic rings. The van der Waals surface area contributed by atoms with Crippen molar-refractivity contribution in [2.75, 3.05) is 19.8 Å².